The zero-order chi connectivity index (χ0) is 15.7. The van der Waals surface area contributed by atoms with Crippen molar-refractivity contribution in [1.82, 2.24) is 4.57 Å². The van der Waals surface area contributed by atoms with Gasteiger partial charge in [-0.3, -0.25) is 19.1 Å². The van der Waals surface area contributed by atoms with Crippen molar-refractivity contribution in [2.45, 2.75) is 6.54 Å². The van der Waals surface area contributed by atoms with E-state index < -0.39 is 10.8 Å². The fourth-order valence-electron chi connectivity index (χ4n) is 2.14. The molecule has 1 aliphatic rings. The molecule has 1 aromatic heterocycles. The van der Waals surface area contributed by atoms with Gasteiger partial charge >= 0.3 is 10.8 Å². The molecule has 0 unspecified atom stereocenters. The Labute approximate surface area is 129 Å². The first-order valence-electron chi connectivity index (χ1n) is 6.44. The number of thiazole rings is 1. The number of esters is 1. The van der Waals surface area contributed by atoms with Crippen molar-refractivity contribution in [3.8, 4) is 5.88 Å². The molecule has 7 heteroatoms. The van der Waals surface area contributed by atoms with Crippen molar-refractivity contribution in [3.05, 3.63) is 44.4 Å². The van der Waals surface area contributed by atoms with Crippen molar-refractivity contribution in [2.75, 3.05) is 7.11 Å². The van der Waals surface area contributed by atoms with Gasteiger partial charge in [-0.15, -0.1) is 0 Å². The number of rotatable bonds is 3. The number of aromatic nitrogens is 1. The van der Waals surface area contributed by atoms with E-state index in [4.69, 9.17) is 0 Å². The van der Waals surface area contributed by atoms with Crippen LogP contribution in [0.25, 0.3) is 11.6 Å². The number of allylic oxidation sites excluding steroid dienone is 1. The van der Waals surface area contributed by atoms with Crippen LogP contribution in [-0.2, 0) is 16.1 Å². The van der Waals surface area contributed by atoms with Crippen molar-refractivity contribution in [3.63, 3.8) is 0 Å². The maximum Gasteiger partial charge on any atom is 0.325 e. The number of hydrogen-bond acceptors (Lipinski definition) is 6. The molecule has 1 aliphatic heterocycles. The first-order chi connectivity index (χ1) is 10.6. The number of fused-ring (bicyclic) bond motifs is 1. The Morgan fingerprint density at radius 1 is 1.45 bits per heavy atom. The third kappa shape index (κ3) is 2.46. The predicted octanol–water partition coefficient (Wildman–Crippen LogP) is 2.04. The Kier molecular flexibility index (Phi) is 3.64. The lowest BCUT2D eigenvalue weighted by Crippen LogP contribution is -2.19. The van der Waals surface area contributed by atoms with E-state index in [9.17, 15) is 14.7 Å². The van der Waals surface area contributed by atoms with E-state index in [0.717, 1.165) is 32.7 Å². The van der Waals surface area contributed by atoms with Crippen molar-refractivity contribution in [2.24, 2.45) is 4.99 Å². The van der Waals surface area contributed by atoms with Crippen molar-refractivity contribution in [1.29, 1.82) is 0 Å². The second kappa shape index (κ2) is 5.61. The summed E-state index contributed by atoms with van der Waals surface area (Å²) in [5.74, 6) is -0.840. The van der Waals surface area contributed by atoms with Crippen LogP contribution in [0.5, 0.6) is 5.88 Å². The molecule has 0 spiro atoms. The van der Waals surface area contributed by atoms with Crippen LogP contribution in [0.15, 0.2) is 34.1 Å². The SMILES string of the molecule is COC(=O)Cn1c(O)c(/C=C2\C=Nc3ccccc32)sc1=O. The van der Waals surface area contributed by atoms with Gasteiger partial charge in [0, 0.05) is 17.4 Å². The lowest BCUT2D eigenvalue weighted by Gasteiger charge is -2.02. The number of nitrogens with zero attached hydrogens (tertiary/aromatic N) is 2. The number of carbonyl (C=O) groups excluding carboxylic acids is 1. The van der Waals surface area contributed by atoms with Crippen molar-refractivity contribution < 1.29 is 14.6 Å². The quantitative estimate of drug-likeness (QED) is 0.879. The number of para-hydroxylation sites is 1. The molecule has 112 valence electrons. The fraction of sp³-hybridized carbons (Fsp3) is 0.133. The molecule has 0 bridgehead atoms. The van der Waals surface area contributed by atoms with Gasteiger partial charge < -0.3 is 9.84 Å². The highest BCUT2D eigenvalue weighted by Crippen LogP contribution is 2.34. The molecule has 3 rings (SSSR count). The van der Waals surface area contributed by atoms with Gasteiger partial charge in [-0.1, -0.05) is 29.5 Å². The van der Waals surface area contributed by atoms with Gasteiger partial charge in [-0.25, -0.2) is 0 Å². The first kappa shape index (κ1) is 14.3. The van der Waals surface area contributed by atoms with E-state index in [-0.39, 0.29) is 12.4 Å². The third-order valence-corrected chi connectivity index (χ3v) is 4.17. The minimum atomic E-state index is -0.595. The second-order valence-electron chi connectivity index (χ2n) is 4.59. The summed E-state index contributed by atoms with van der Waals surface area (Å²) in [5, 5.41) is 10.1. The molecule has 0 saturated heterocycles. The number of aliphatic imine (C=N–C) groups is 1. The Morgan fingerprint density at radius 3 is 3.00 bits per heavy atom. The van der Waals surface area contributed by atoms with Crippen LogP contribution in [0.2, 0.25) is 0 Å². The van der Waals surface area contributed by atoms with E-state index in [2.05, 4.69) is 9.73 Å². The molecule has 0 radical (unpaired) electrons. The second-order valence-corrected chi connectivity index (χ2v) is 5.59. The van der Waals surface area contributed by atoms with Crippen LogP contribution >= 0.6 is 11.3 Å². The molecule has 0 amide bonds. The number of carbonyl (C=O) groups is 1. The normalized spacial score (nSPS) is 14.3. The average Bonchev–Trinajstić information content (AvgIpc) is 3.04. The summed E-state index contributed by atoms with van der Waals surface area (Å²) in [5.41, 5.74) is 2.58. The minimum absolute atomic E-state index is 0.245. The summed E-state index contributed by atoms with van der Waals surface area (Å²) >= 11 is 0.867. The van der Waals surface area contributed by atoms with Gasteiger partial charge in [-0.05, 0) is 12.1 Å². The van der Waals surface area contributed by atoms with Crippen LogP contribution in [0.4, 0.5) is 5.69 Å². The van der Waals surface area contributed by atoms with Crippen LogP contribution in [0.1, 0.15) is 10.4 Å². The molecule has 2 heterocycles. The molecule has 22 heavy (non-hydrogen) atoms. The smallest absolute Gasteiger partial charge is 0.325 e. The van der Waals surface area contributed by atoms with Gasteiger partial charge in [0.15, 0.2) is 0 Å². The number of ether oxygens (including phenoxy) is 1. The third-order valence-electron chi connectivity index (χ3n) is 3.25. The zero-order valence-electron chi connectivity index (χ0n) is 11.6. The summed E-state index contributed by atoms with van der Waals surface area (Å²) in [6.45, 7) is -0.314. The van der Waals surface area contributed by atoms with Gasteiger partial charge in [0.2, 0.25) is 5.88 Å². The molecule has 0 saturated carbocycles. The number of benzene rings is 1. The molecule has 1 aromatic carbocycles. The zero-order valence-corrected chi connectivity index (χ0v) is 12.5. The van der Waals surface area contributed by atoms with Crippen molar-refractivity contribution >= 4 is 40.9 Å². The van der Waals surface area contributed by atoms with E-state index in [1.54, 1.807) is 12.3 Å². The van der Waals surface area contributed by atoms with E-state index in [1.807, 2.05) is 24.3 Å². The first-order valence-corrected chi connectivity index (χ1v) is 7.26. The maximum absolute atomic E-state index is 11.9. The minimum Gasteiger partial charge on any atom is -0.493 e. The molecule has 0 atom stereocenters. The predicted molar refractivity (Wildman–Crippen MR) is 84.7 cm³/mol. The van der Waals surface area contributed by atoms with Crippen LogP contribution < -0.4 is 4.87 Å². The number of methoxy groups -OCH3 is 1. The molecule has 1 N–H and O–H groups in total. The highest BCUT2D eigenvalue weighted by atomic mass is 32.1. The Hall–Kier alpha value is -2.67. The highest BCUT2D eigenvalue weighted by molar-refractivity contribution is 7.10. The highest BCUT2D eigenvalue weighted by Gasteiger charge is 2.17. The largest absolute Gasteiger partial charge is 0.493 e. The Morgan fingerprint density at radius 2 is 2.23 bits per heavy atom. The lowest BCUT2D eigenvalue weighted by atomic mass is 10.1. The van der Waals surface area contributed by atoms with E-state index in [1.165, 1.54) is 7.11 Å². The van der Waals surface area contributed by atoms with Gasteiger partial charge in [-0.2, -0.15) is 0 Å². The summed E-state index contributed by atoms with van der Waals surface area (Å²) < 4.78 is 5.50. The van der Waals surface area contributed by atoms with E-state index >= 15 is 0 Å². The van der Waals surface area contributed by atoms with Gasteiger partial charge in [0.1, 0.15) is 6.54 Å². The van der Waals surface area contributed by atoms with Crippen LogP contribution in [0, 0.1) is 0 Å². The van der Waals surface area contributed by atoms with Gasteiger partial charge in [0.25, 0.3) is 0 Å². The molecule has 6 nitrogen and oxygen atoms in total. The molecular formula is C15H12N2O4S. The molecule has 2 aromatic rings. The molecule has 0 fully saturated rings. The standard InChI is InChI=1S/C15H12N2O4S/c1-21-13(18)8-17-14(19)12(22-15(17)20)6-9-7-16-11-5-3-2-4-10(9)11/h2-7,19H,8H2,1H3/b9-6+. The summed E-state index contributed by atoms with van der Waals surface area (Å²) in [6, 6.07) is 7.59. The fourth-order valence-corrected chi connectivity index (χ4v) is 2.97. The number of aromatic hydroxyl groups is 1. The topological polar surface area (TPSA) is 80.9 Å². The van der Waals surface area contributed by atoms with Crippen LogP contribution in [0.3, 0.4) is 0 Å². The Bertz CT molecular complexity index is 861. The van der Waals surface area contributed by atoms with Crippen LogP contribution in [-0.4, -0.2) is 29.0 Å². The van der Waals surface area contributed by atoms with E-state index in [0.29, 0.717) is 4.88 Å². The maximum atomic E-state index is 11.9. The lowest BCUT2D eigenvalue weighted by molar-refractivity contribution is -0.141. The average molecular weight is 316 g/mol. The summed E-state index contributed by atoms with van der Waals surface area (Å²) in [6.07, 6.45) is 3.36. The summed E-state index contributed by atoms with van der Waals surface area (Å²) in [4.78, 5) is 27.4. The Balaban J connectivity index is 2.00. The van der Waals surface area contributed by atoms with Gasteiger partial charge in [0.05, 0.1) is 17.7 Å². The number of hydrogen-bond donors (Lipinski definition) is 1. The molecular weight excluding hydrogens is 304 g/mol. The molecule has 0 aliphatic carbocycles. The summed E-state index contributed by atoms with van der Waals surface area (Å²) in [7, 11) is 1.23. The monoisotopic (exact) mass is 316 g/mol.